The molecular formula is C29H41ClN4O4S. The Hall–Kier alpha value is -2.10. The van der Waals surface area contributed by atoms with Crippen molar-refractivity contribution >= 4 is 27.3 Å². The van der Waals surface area contributed by atoms with Gasteiger partial charge in [-0.05, 0) is 69.6 Å². The highest BCUT2D eigenvalue weighted by Crippen LogP contribution is 2.39. The van der Waals surface area contributed by atoms with Crippen LogP contribution in [0.4, 0.5) is 5.69 Å². The van der Waals surface area contributed by atoms with Gasteiger partial charge in [0.05, 0.1) is 23.2 Å². The predicted molar refractivity (Wildman–Crippen MR) is 156 cm³/mol. The van der Waals surface area contributed by atoms with Gasteiger partial charge in [0.15, 0.2) is 0 Å². The third-order valence-electron chi connectivity index (χ3n) is 8.82. The molecule has 0 atom stereocenters. The fraction of sp³-hybridized carbons (Fsp3) is 0.655. The van der Waals surface area contributed by atoms with E-state index in [1.807, 2.05) is 4.90 Å². The third kappa shape index (κ3) is 6.30. The summed E-state index contributed by atoms with van der Waals surface area (Å²) in [4.78, 5) is 15.9. The van der Waals surface area contributed by atoms with E-state index in [1.54, 1.807) is 48.6 Å². The molecule has 0 spiro atoms. The normalized spacial score (nSPS) is 23.7. The van der Waals surface area contributed by atoms with Crippen molar-refractivity contribution < 1.29 is 13.2 Å². The summed E-state index contributed by atoms with van der Waals surface area (Å²) in [5.74, 6) is 1.90. The van der Waals surface area contributed by atoms with Gasteiger partial charge in [0.1, 0.15) is 5.69 Å². The molecule has 0 bridgehead atoms. The molecule has 2 saturated carbocycles. The minimum absolute atomic E-state index is 0.0193. The van der Waals surface area contributed by atoms with Crippen molar-refractivity contribution in [2.45, 2.75) is 83.0 Å². The molecule has 10 heteroatoms. The predicted octanol–water partition coefficient (Wildman–Crippen LogP) is 5.26. The fourth-order valence-electron chi connectivity index (χ4n) is 6.49. The van der Waals surface area contributed by atoms with E-state index >= 15 is 0 Å². The lowest BCUT2D eigenvalue weighted by atomic mass is 9.73. The maximum Gasteiger partial charge on any atom is 0.316 e. The van der Waals surface area contributed by atoms with Crippen molar-refractivity contribution in [2.75, 3.05) is 31.1 Å². The largest absolute Gasteiger partial charge is 0.483 e. The van der Waals surface area contributed by atoms with Gasteiger partial charge in [-0.25, -0.2) is 8.42 Å². The first kappa shape index (κ1) is 28.4. The Kier molecular flexibility index (Phi) is 8.88. The summed E-state index contributed by atoms with van der Waals surface area (Å²) < 4.78 is 34.8. The number of aromatic nitrogens is 2. The van der Waals surface area contributed by atoms with E-state index < -0.39 is 15.3 Å². The van der Waals surface area contributed by atoms with E-state index in [0.717, 1.165) is 37.5 Å². The van der Waals surface area contributed by atoms with Gasteiger partial charge in [0.2, 0.25) is 15.8 Å². The SMILES string of the molecule is CC(C)S(=O)(=O)N1CCN(c2cnn(-c3cccc(Cl)c3)c(=O)c2OC2CCC(C3CCCCC3)CC2)CC1. The molecule has 1 saturated heterocycles. The second-order valence-electron chi connectivity index (χ2n) is 11.6. The van der Waals surface area contributed by atoms with E-state index in [-0.39, 0.29) is 11.7 Å². The Labute approximate surface area is 237 Å². The van der Waals surface area contributed by atoms with Gasteiger partial charge in [-0.15, -0.1) is 0 Å². The number of anilines is 1. The summed E-state index contributed by atoms with van der Waals surface area (Å²) >= 11 is 6.21. The molecule has 2 aliphatic carbocycles. The van der Waals surface area contributed by atoms with E-state index in [4.69, 9.17) is 16.3 Å². The first-order chi connectivity index (χ1) is 18.7. The van der Waals surface area contributed by atoms with Crippen molar-refractivity contribution in [3.05, 3.63) is 45.8 Å². The molecule has 8 nitrogen and oxygen atoms in total. The summed E-state index contributed by atoms with van der Waals surface area (Å²) in [6.07, 6.45) is 12.6. The van der Waals surface area contributed by atoms with Crippen LogP contribution in [0, 0.1) is 11.8 Å². The Morgan fingerprint density at radius 1 is 0.949 bits per heavy atom. The van der Waals surface area contributed by atoms with Crippen LogP contribution in [-0.4, -0.2) is 60.0 Å². The first-order valence-electron chi connectivity index (χ1n) is 14.5. The molecule has 39 heavy (non-hydrogen) atoms. The van der Waals surface area contributed by atoms with Crippen LogP contribution in [0.5, 0.6) is 5.75 Å². The lowest BCUT2D eigenvalue weighted by molar-refractivity contribution is 0.0977. The summed E-state index contributed by atoms with van der Waals surface area (Å²) in [5, 5.41) is 4.54. The zero-order valence-electron chi connectivity index (χ0n) is 23.1. The number of nitrogens with zero attached hydrogens (tertiary/aromatic N) is 4. The quantitative estimate of drug-likeness (QED) is 0.447. The number of ether oxygens (including phenoxy) is 1. The van der Waals surface area contributed by atoms with Crippen LogP contribution in [0.1, 0.15) is 71.6 Å². The summed E-state index contributed by atoms with van der Waals surface area (Å²) in [6.45, 7) is 5.08. The Morgan fingerprint density at radius 3 is 2.26 bits per heavy atom. The van der Waals surface area contributed by atoms with Gasteiger partial charge >= 0.3 is 5.56 Å². The number of halogens is 1. The van der Waals surface area contributed by atoms with Crippen LogP contribution in [0.15, 0.2) is 35.3 Å². The number of benzene rings is 1. The molecular weight excluding hydrogens is 536 g/mol. The third-order valence-corrected chi connectivity index (χ3v) is 11.3. The van der Waals surface area contributed by atoms with E-state index in [0.29, 0.717) is 48.3 Å². The molecule has 2 aromatic rings. The first-order valence-corrected chi connectivity index (χ1v) is 16.4. The second-order valence-corrected chi connectivity index (χ2v) is 14.5. The van der Waals surface area contributed by atoms with Crippen molar-refractivity contribution in [3.63, 3.8) is 0 Å². The van der Waals surface area contributed by atoms with E-state index in [1.165, 1.54) is 36.8 Å². The minimum atomic E-state index is -3.33. The average Bonchev–Trinajstić information content (AvgIpc) is 2.95. The highest BCUT2D eigenvalue weighted by Gasteiger charge is 2.33. The fourth-order valence-corrected chi connectivity index (χ4v) is 7.94. The van der Waals surface area contributed by atoms with E-state index in [2.05, 4.69) is 5.10 Å². The molecule has 0 amide bonds. The Balaban J connectivity index is 1.38. The van der Waals surface area contributed by atoms with Crippen LogP contribution < -0.4 is 15.2 Å². The van der Waals surface area contributed by atoms with Crippen LogP contribution >= 0.6 is 11.6 Å². The number of sulfonamides is 1. The molecule has 1 aromatic heterocycles. The van der Waals surface area contributed by atoms with Crippen LogP contribution in [0.3, 0.4) is 0 Å². The molecule has 5 rings (SSSR count). The van der Waals surface area contributed by atoms with Gasteiger partial charge in [-0.2, -0.15) is 14.1 Å². The molecule has 3 fully saturated rings. The van der Waals surface area contributed by atoms with Gasteiger partial charge < -0.3 is 9.64 Å². The maximum atomic E-state index is 13.8. The molecule has 214 valence electrons. The standard InChI is InChI=1S/C29H41ClN4O4S/c1-21(2)39(36,37)33-17-15-32(16-18-33)27-20-31-34(25-10-6-9-24(30)19-25)29(35)28(27)38-26-13-11-23(12-14-26)22-7-4-3-5-8-22/h6,9-10,19-23,26H,3-5,7-8,11-18H2,1-2H3. The molecule has 2 heterocycles. The van der Waals surface area contributed by atoms with Crippen LogP contribution in [-0.2, 0) is 10.0 Å². The summed E-state index contributed by atoms with van der Waals surface area (Å²) in [6, 6.07) is 7.07. The Bertz CT molecular complexity index is 1290. The molecule has 3 aliphatic rings. The summed E-state index contributed by atoms with van der Waals surface area (Å²) in [5.41, 5.74) is 0.897. The second kappa shape index (κ2) is 12.2. The van der Waals surface area contributed by atoms with Crippen molar-refractivity contribution in [3.8, 4) is 11.4 Å². The highest BCUT2D eigenvalue weighted by atomic mass is 35.5. The zero-order chi connectivity index (χ0) is 27.6. The number of hydrogen-bond donors (Lipinski definition) is 0. The van der Waals surface area contributed by atoms with Gasteiger partial charge in [0, 0.05) is 31.2 Å². The van der Waals surface area contributed by atoms with Crippen molar-refractivity contribution in [1.29, 1.82) is 0 Å². The van der Waals surface area contributed by atoms with Gasteiger partial charge in [-0.1, -0.05) is 49.8 Å². The Morgan fingerprint density at radius 2 is 1.62 bits per heavy atom. The number of hydrogen-bond acceptors (Lipinski definition) is 6. The van der Waals surface area contributed by atoms with Crippen molar-refractivity contribution in [2.24, 2.45) is 11.8 Å². The lowest BCUT2D eigenvalue weighted by Gasteiger charge is -2.38. The topological polar surface area (TPSA) is 84.7 Å². The molecule has 1 aromatic carbocycles. The molecule has 1 aliphatic heterocycles. The maximum absolute atomic E-state index is 13.8. The highest BCUT2D eigenvalue weighted by molar-refractivity contribution is 7.89. The average molecular weight is 577 g/mol. The van der Waals surface area contributed by atoms with Gasteiger partial charge in [-0.3, -0.25) is 4.79 Å². The summed E-state index contributed by atoms with van der Waals surface area (Å²) in [7, 11) is -3.33. The number of piperazine rings is 1. The monoisotopic (exact) mass is 576 g/mol. The smallest absolute Gasteiger partial charge is 0.316 e. The van der Waals surface area contributed by atoms with Crippen LogP contribution in [0.25, 0.3) is 5.69 Å². The molecule has 0 unspecified atom stereocenters. The van der Waals surface area contributed by atoms with Crippen LogP contribution in [0.2, 0.25) is 5.02 Å². The molecule has 0 N–H and O–H groups in total. The lowest BCUT2D eigenvalue weighted by Crippen LogP contribution is -2.50. The van der Waals surface area contributed by atoms with Gasteiger partial charge in [0.25, 0.3) is 0 Å². The molecule has 0 radical (unpaired) electrons. The zero-order valence-corrected chi connectivity index (χ0v) is 24.7. The van der Waals surface area contributed by atoms with E-state index in [9.17, 15) is 13.2 Å². The number of rotatable bonds is 7. The minimum Gasteiger partial charge on any atom is -0.483 e. The van der Waals surface area contributed by atoms with Crippen molar-refractivity contribution in [1.82, 2.24) is 14.1 Å².